The molecular formula is C18H17BrN6O4. The molecule has 1 amide bonds. The van der Waals surface area contributed by atoms with Crippen molar-refractivity contribution in [2.75, 3.05) is 20.8 Å². The van der Waals surface area contributed by atoms with Gasteiger partial charge in [-0.2, -0.15) is 4.68 Å². The van der Waals surface area contributed by atoms with E-state index in [0.29, 0.717) is 17.1 Å². The molecule has 0 aliphatic heterocycles. The average molecular weight is 461 g/mol. The molecule has 0 aliphatic rings. The molecule has 1 atom stereocenters. The number of nitrogens with zero attached hydrogens (tertiary/aromatic N) is 6. The lowest BCUT2D eigenvalue weighted by molar-refractivity contribution is -0.384. The smallest absolute Gasteiger partial charge is 0.269 e. The summed E-state index contributed by atoms with van der Waals surface area (Å²) >= 11 is 3.39. The second-order valence-electron chi connectivity index (χ2n) is 6.11. The molecule has 0 fully saturated rings. The van der Waals surface area contributed by atoms with E-state index in [-0.39, 0.29) is 18.2 Å². The number of benzene rings is 2. The van der Waals surface area contributed by atoms with Gasteiger partial charge in [0.25, 0.3) is 5.69 Å². The zero-order chi connectivity index (χ0) is 21.0. The lowest BCUT2D eigenvalue weighted by Crippen LogP contribution is -2.35. The number of non-ortho nitro benzene ring substituents is 1. The van der Waals surface area contributed by atoms with Gasteiger partial charge in [-0.15, -0.1) is 5.10 Å². The third-order valence-electron chi connectivity index (χ3n) is 4.28. The molecule has 3 rings (SSSR count). The molecule has 0 N–H and O–H groups in total. The molecule has 0 unspecified atom stereocenters. The Morgan fingerprint density at radius 3 is 2.48 bits per heavy atom. The van der Waals surface area contributed by atoms with Gasteiger partial charge in [-0.05, 0) is 52.4 Å². The SMILES string of the molecule is COCC(=O)N(C)[C@@H](c1ccc([N+](=O)[O-])cc1)c1nnnn1-c1ccc(Br)cc1. The Balaban J connectivity index is 2.09. The van der Waals surface area contributed by atoms with Crippen LogP contribution in [0.5, 0.6) is 0 Å². The molecule has 2 aromatic carbocycles. The summed E-state index contributed by atoms with van der Waals surface area (Å²) in [4.78, 5) is 24.5. The molecule has 1 aromatic heterocycles. The number of carbonyl (C=O) groups is 1. The van der Waals surface area contributed by atoms with Gasteiger partial charge in [-0.25, -0.2) is 0 Å². The zero-order valence-corrected chi connectivity index (χ0v) is 17.2. The van der Waals surface area contributed by atoms with Crippen LogP contribution in [0.25, 0.3) is 5.69 Å². The molecule has 0 spiro atoms. The number of aromatic nitrogens is 4. The Kier molecular flexibility index (Phi) is 6.29. The van der Waals surface area contributed by atoms with Gasteiger partial charge in [0, 0.05) is 30.8 Å². The zero-order valence-electron chi connectivity index (χ0n) is 15.6. The fourth-order valence-corrected chi connectivity index (χ4v) is 3.09. The molecule has 29 heavy (non-hydrogen) atoms. The largest absolute Gasteiger partial charge is 0.375 e. The van der Waals surface area contributed by atoms with E-state index in [2.05, 4.69) is 31.5 Å². The number of rotatable bonds is 7. The van der Waals surface area contributed by atoms with Crippen molar-refractivity contribution in [1.82, 2.24) is 25.1 Å². The van der Waals surface area contributed by atoms with E-state index in [0.717, 1.165) is 4.47 Å². The fraction of sp³-hybridized carbons (Fsp3) is 0.222. The van der Waals surface area contributed by atoms with Crippen LogP contribution in [-0.4, -0.2) is 56.7 Å². The van der Waals surface area contributed by atoms with E-state index >= 15 is 0 Å². The van der Waals surface area contributed by atoms with Crippen LogP contribution < -0.4 is 0 Å². The number of nitro benzene ring substituents is 1. The molecule has 3 aromatic rings. The second-order valence-corrected chi connectivity index (χ2v) is 7.03. The maximum atomic E-state index is 12.5. The van der Waals surface area contributed by atoms with E-state index in [1.54, 1.807) is 19.2 Å². The quantitative estimate of drug-likeness (QED) is 0.392. The molecule has 150 valence electrons. The minimum absolute atomic E-state index is 0.0501. The minimum atomic E-state index is -0.683. The number of likely N-dealkylation sites (N-methyl/N-ethyl adjacent to an activating group) is 1. The number of ether oxygens (including phenoxy) is 1. The third-order valence-corrected chi connectivity index (χ3v) is 4.81. The number of carbonyl (C=O) groups excluding carboxylic acids is 1. The summed E-state index contributed by atoms with van der Waals surface area (Å²) in [5.41, 5.74) is 1.27. The van der Waals surface area contributed by atoms with Gasteiger partial charge in [0.05, 0.1) is 10.6 Å². The Hall–Kier alpha value is -3.18. The van der Waals surface area contributed by atoms with Crippen LogP contribution in [0, 0.1) is 10.1 Å². The average Bonchev–Trinajstić information content (AvgIpc) is 3.18. The normalized spacial score (nSPS) is 11.8. The van der Waals surface area contributed by atoms with Gasteiger partial charge in [0.1, 0.15) is 12.6 Å². The van der Waals surface area contributed by atoms with Crippen LogP contribution in [-0.2, 0) is 9.53 Å². The van der Waals surface area contributed by atoms with Crippen LogP contribution in [0.4, 0.5) is 5.69 Å². The maximum absolute atomic E-state index is 12.5. The molecule has 10 nitrogen and oxygen atoms in total. The Morgan fingerprint density at radius 2 is 1.90 bits per heavy atom. The highest BCUT2D eigenvalue weighted by atomic mass is 79.9. The van der Waals surface area contributed by atoms with E-state index in [4.69, 9.17) is 4.74 Å². The first-order chi connectivity index (χ1) is 13.9. The number of nitro groups is 1. The molecule has 0 bridgehead atoms. The number of hydrogen-bond donors (Lipinski definition) is 0. The number of methoxy groups -OCH3 is 1. The predicted octanol–water partition coefficient (Wildman–Crippen LogP) is 2.53. The third kappa shape index (κ3) is 4.46. The summed E-state index contributed by atoms with van der Waals surface area (Å²) in [5.74, 6) is 0.0920. The van der Waals surface area contributed by atoms with E-state index in [1.807, 2.05) is 24.3 Å². The first kappa shape index (κ1) is 20.6. The first-order valence-electron chi connectivity index (χ1n) is 8.45. The monoisotopic (exact) mass is 460 g/mol. The van der Waals surface area contributed by atoms with E-state index in [9.17, 15) is 14.9 Å². The summed E-state index contributed by atoms with van der Waals surface area (Å²) < 4.78 is 7.38. The molecule has 0 saturated carbocycles. The first-order valence-corrected chi connectivity index (χ1v) is 9.25. The van der Waals surface area contributed by atoms with Crippen LogP contribution in [0.15, 0.2) is 53.0 Å². The van der Waals surface area contributed by atoms with E-state index < -0.39 is 11.0 Å². The number of halogens is 1. The van der Waals surface area contributed by atoms with Crippen molar-refractivity contribution in [3.63, 3.8) is 0 Å². The number of tetrazole rings is 1. The summed E-state index contributed by atoms with van der Waals surface area (Å²) in [7, 11) is 3.03. The van der Waals surface area contributed by atoms with Crippen molar-refractivity contribution in [2.24, 2.45) is 0 Å². The predicted molar refractivity (Wildman–Crippen MR) is 106 cm³/mol. The summed E-state index contributed by atoms with van der Waals surface area (Å²) in [6.45, 7) is -0.125. The van der Waals surface area contributed by atoms with Gasteiger partial charge < -0.3 is 9.64 Å². The van der Waals surface area contributed by atoms with Gasteiger partial charge in [-0.3, -0.25) is 14.9 Å². The Morgan fingerprint density at radius 1 is 1.24 bits per heavy atom. The lowest BCUT2D eigenvalue weighted by Gasteiger charge is -2.27. The molecule has 0 aliphatic carbocycles. The summed E-state index contributed by atoms with van der Waals surface area (Å²) in [6.07, 6.45) is 0. The molecule has 1 heterocycles. The van der Waals surface area contributed by atoms with Crippen molar-refractivity contribution < 1.29 is 14.5 Å². The lowest BCUT2D eigenvalue weighted by atomic mass is 10.0. The van der Waals surface area contributed by atoms with Gasteiger partial charge in [-0.1, -0.05) is 15.9 Å². The topological polar surface area (TPSA) is 116 Å². The van der Waals surface area contributed by atoms with E-state index in [1.165, 1.54) is 28.8 Å². The molecule has 11 heteroatoms. The van der Waals surface area contributed by atoms with Crippen LogP contribution in [0.1, 0.15) is 17.4 Å². The van der Waals surface area contributed by atoms with Crippen molar-refractivity contribution in [3.05, 3.63) is 74.5 Å². The highest BCUT2D eigenvalue weighted by Crippen LogP contribution is 2.29. The highest BCUT2D eigenvalue weighted by molar-refractivity contribution is 9.10. The second kappa shape index (κ2) is 8.88. The number of amides is 1. The van der Waals surface area contributed by atoms with Gasteiger partial charge >= 0.3 is 0 Å². The van der Waals surface area contributed by atoms with Gasteiger partial charge in [0.15, 0.2) is 5.82 Å². The highest BCUT2D eigenvalue weighted by Gasteiger charge is 2.29. The number of hydrogen-bond acceptors (Lipinski definition) is 7. The Labute approximate surface area is 174 Å². The fourth-order valence-electron chi connectivity index (χ4n) is 2.82. The summed E-state index contributed by atoms with van der Waals surface area (Å²) in [5, 5.41) is 23.0. The van der Waals surface area contributed by atoms with Crippen LogP contribution >= 0.6 is 15.9 Å². The maximum Gasteiger partial charge on any atom is 0.269 e. The molecule has 0 radical (unpaired) electrons. The minimum Gasteiger partial charge on any atom is -0.375 e. The van der Waals surface area contributed by atoms with Crippen molar-refractivity contribution in [3.8, 4) is 5.69 Å². The Bertz CT molecular complexity index is 1010. The van der Waals surface area contributed by atoms with Crippen LogP contribution in [0.3, 0.4) is 0 Å². The molecular weight excluding hydrogens is 444 g/mol. The molecule has 0 saturated heterocycles. The standard InChI is InChI=1S/C18H17BrN6O4/c1-23(16(26)11-29-2)17(12-3-7-15(8-4-12)25(27)28)18-20-21-22-24(18)14-9-5-13(19)6-10-14/h3-10,17H,11H2,1-2H3/t17-/m0/s1. The van der Waals surface area contributed by atoms with Crippen molar-refractivity contribution in [1.29, 1.82) is 0 Å². The van der Waals surface area contributed by atoms with Crippen molar-refractivity contribution in [2.45, 2.75) is 6.04 Å². The van der Waals surface area contributed by atoms with Gasteiger partial charge in [0.2, 0.25) is 5.91 Å². The van der Waals surface area contributed by atoms with Crippen molar-refractivity contribution >= 4 is 27.5 Å². The van der Waals surface area contributed by atoms with Crippen LogP contribution in [0.2, 0.25) is 0 Å². The summed E-state index contributed by atoms with van der Waals surface area (Å²) in [6, 6.07) is 12.6.